The highest BCUT2D eigenvalue weighted by Crippen LogP contribution is 2.66. The number of piperidine rings is 1. The summed E-state index contributed by atoms with van der Waals surface area (Å²) in [5.41, 5.74) is 4.19. The molecule has 3 fully saturated rings. The minimum atomic E-state index is -0.667. The maximum atomic E-state index is 13.8. The van der Waals surface area contributed by atoms with Gasteiger partial charge in [0.25, 0.3) is 0 Å². The van der Waals surface area contributed by atoms with Gasteiger partial charge in [0.15, 0.2) is 5.78 Å². The maximum Gasteiger partial charge on any atom is 0.243 e. The molecule has 0 aromatic heterocycles. The Morgan fingerprint density at radius 2 is 1.58 bits per heavy atom. The normalized spacial score (nSPS) is 22.8. The van der Waals surface area contributed by atoms with Crippen LogP contribution in [0, 0.1) is 52.3 Å². The number of amides is 1. The highest BCUT2D eigenvalue weighted by molar-refractivity contribution is 6.01. The van der Waals surface area contributed by atoms with Crippen molar-refractivity contribution < 1.29 is 9.59 Å². The van der Waals surface area contributed by atoms with Crippen LogP contribution < -0.4 is 21.3 Å². The van der Waals surface area contributed by atoms with Crippen LogP contribution in [-0.4, -0.2) is 54.4 Å². The van der Waals surface area contributed by atoms with E-state index in [4.69, 9.17) is 6.42 Å². The smallest absolute Gasteiger partial charge is 0.243 e. The molecule has 7 heteroatoms. The standard InChI is InChI=1S/C30H47N3O2.C16H32N2/c1-9-11-15-24(27(34)21(4)31-18-10-2)32-28(35)26-25-23(29(25,6)7)19-33(26)22(5)20(3)30(8)16-13-12-14-17-30;1-12(2)11-17-14(5)9-10-15(16(6,7)8)18-13(3)4/h1,20,23-26,31H,4-5,10-19H2,2-3,6-8H3,(H,32,35);12,15,17-18H,3,5,9-11H2,1-2,4,6-8H3/t20?,23-,24?,25?,26?;/m0./s1. The van der Waals surface area contributed by atoms with Crippen molar-refractivity contribution >= 4 is 11.7 Å². The zero-order valence-corrected chi connectivity index (χ0v) is 35.9. The summed E-state index contributed by atoms with van der Waals surface area (Å²) in [5, 5.41) is 13.0. The third kappa shape index (κ3) is 13.0. The Labute approximate surface area is 326 Å². The number of carbonyl (C=O) groups is 2. The molecule has 2 aliphatic carbocycles. The van der Waals surface area contributed by atoms with Gasteiger partial charge in [0.05, 0.1) is 11.7 Å². The summed E-state index contributed by atoms with van der Waals surface area (Å²) in [6, 6.07) is -0.525. The minimum absolute atomic E-state index is 0.0797. The molecule has 2 saturated carbocycles. The van der Waals surface area contributed by atoms with Crippen LogP contribution >= 0.6 is 0 Å². The maximum absolute atomic E-state index is 13.8. The van der Waals surface area contributed by atoms with Gasteiger partial charge in [-0.15, -0.1) is 12.3 Å². The van der Waals surface area contributed by atoms with Gasteiger partial charge in [-0.2, -0.15) is 0 Å². The van der Waals surface area contributed by atoms with E-state index in [0.29, 0.717) is 48.9 Å². The van der Waals surface area contributed by atoms with E-state index in [1.54, 1.807) is 0 Å². The van der Waals surface area contributed by atoms with Gasteiger partial charge in [0, 0.05) is 55.1 Å². The quantitative estimate of drug-likeness (QED) is 0.0738. The van der Waals surface area contributed by atoms with Crippen molar-refractivity contribution in [1.82, 2.24) is 26.2 Å². The largest absolute Gasteiger partial charge is 0.389 e. The van der Waals surface area contributed by atoms with Gasteiger partial charge >= 0.3 is 0 Å². The molecule has 300 valence electrons. The van der Waals surface area contributed by atoms with Crippen molar-refractivity contribution in [3.8, 4) is 12.3 Å². The lowest BCUT2D eigenvalue weighted by atomic mass is 9.66. The number of nitrogens with one attached hydrogen (secondary N) is 4. The molecule has 7 nitrogen and oxygen atoms in total. The van der Waals surface area contributed by atoms with Crippen molar-refractivity contribution in [3.63, 3.8) is 0 Å². The number of hydrogen-bond donors (Lipinski definition) is 4. The van der Waals surface area contributed by atoms with E-state index >= 15 is 0 Å². The molecule has 0 radical (unpaired) electrons. The lowest BCUT2D eigenvalue weighted by Crippen LogP contribution is -2.53. The van der Waals surface area contributed by atoms with E-state index < -0.39 is 6.04 Å². The molecule has 3 rings (SSSR count). The van der Waals surface area contributed by atoms with Crippen LogP contribution in [0.25, 0.3) is 0 Å². The highest BCUT2D eigenvalue weighted by atomic mass is 16.2. The number of rotatable bonds is 20. The third-order valence-corrected chi connectivity index (χ3v) is 12.4. The van der Waals surface area contributed by atoms with Gasteiger partial charge in [-0.3, -0.25) is 9.59 Å². The van der Waals surface area contributed by atoms with Crippen LogP contribution in [0.1, 0.15) is 140 Å². The number of carbonyl (C=O) groups excluding carboxylic acids is 2. The molecule has 0 bridgehead atoms. The Balaban J connectivity index is 0.000000457. The van der Waals surface area contributed by atoms with Crippen molar-refractivity contribution in [3.05, 3.63) is 49.1 Å². The van der Waals surface area contributed by atoms with Crippen molar-refractivity contribution in [2.24, 2.45) is 39.9 Å². The monoisotopic (exact) mass is 734 g/mol. The topological polar surface area (TPSA) is 85.5 Å². The zero-order chi connectivity index (χ0) is 40.3. The van der Waals surface area contributed by atoms with Crippen LogP contribution in [0.4, 0.5) is 0 Å². The van der Waals surface area contributed by atoms with Crippen LogP contribution in [0.2, 0.25) is 0 Å². The van der Waals surface area contributed by atoms with E-state index in [1.807, 2.05) is 13.8 Å². The predicted octanol–water partition coefficient (Wildman–Crippen LogP) is 9.11. The molecule has 0 spiro atoms. The SMILES string of the molecule is C#CCCC(NC(=O)C1C2[C@H](CN1C(=C)C(C)C1(C)CCCCC1)C2(C)C)C(=O)C(=C)NCCC.C=C(C)NC(CCC(=C)NCC(C)C)C(C)(C)C. The average molecular weight is 734 g/mol. The number of terminal acetylenes is 1. The van der Waals surface area contributed by atoms with Gasteiger partial charge in [0.1, 0.15) is 6.04 Å². The Bertz CT molecular complexity index is 1320. The van der Waals surface area contributed by atoms with Gasteiger partial charge in [-0.05, 0) is 79.4 Å². The van der Waals surface area contributed by atoms with Crippen LogP contribution in [0.3, 0.4) is 0 Å². The lowest BCUT2D eigenvalue weighted by molar-refractivity contribution is -0.130. The van der Waals surface area contributed by atoms with Gasteiger partial charge < -0.3 is 26.2 Å². The zero-order valence-electron chi connectivity index (χ0n) is 35.9. The van der Waals surface area contributed by atoms with Crippen molar-refractivity contribution in [2.45, 2.75) is 158 Å². The molecule has 5 unspecified atom stereocenters. The Kier molecular flexibility index (Phi) is 17.3. The molecular weight excluding hydrogens is 655 g/mol. The molecule has 3 aliphatic rings. The number of likely N-dealkylation sites (tertiary alicyclic amines) is 1. The number of allylic oxidation sites excluding steroid dienone is 3. The fraction of sp³-hybridized carbons (Fsp3) is 0.739. The lowest BCUT2D eigenvalue weighted by Gasteiger charge is -2.44. The summed E-state index contributed by atoms with van der Waals surface area (Å²) in [7, 11) is 0. The summed E-state index contributed by atoms with van der Waals surface area (Å²) in [5.74, 6) is 4.08. The van der Waals surface area contributed by atoms with Gasteiger partial charge in [0.2, 0.25) is 5.91 Å². The first-order chi connectivity index (χ1) is 24.6. The second-order valence-corrected chi connectivity index (χ2v) is 18.8. The third-order valence-electron chi connectivity index (χ3n) is 12.4. The highest BCUT2D eigenvalue weighted by Gasteiger charge is 2.69. The van der Waals surface area contributed by atoms with E-state index in [2.05, 4.69) is 121 Å². The summed E-state index contributed by atoms with van der Waals surface area (Å²) in [6.07, 6.45) is 15.6. The molecule has 53 heavy (non-hydrogen) atoms. The molecule has 1 saturated heterocycles. The Hall–Kier alpha value is -3.14. The van der Waals surface area contributed by atoms with E-state index in [0.717, 1.165) is 49.4 Å². The van der Waals surface area contributed by atoms with Crippen molar-refractivity contribution in [1.29, 1.82) is 0 Å². The van der Waals surface area contributed by atoms with E-state index in [9.17, 15) is 9.59 Å². The van der Waals surface area contributed by atoms with E-state index in [1.165, 1.54) is 32.1 Å². The average Bonchev–Trinajstić information content (AvgIpc) is 3.38. The van der Waals surface area contributed by atoms with Gasteiger partial charge in [-0.1, -0.05) is 115 Å². The summed E-state index contributed by atoms with van der Waals surface area (Å²) in [4.78, 5) is 29.2. The summed E-state index contributed by atoms with van der Waals surface area (Å²) >= 11 is 0. The Morgan fingerprint density at radius 3 is 2.11 bits per heavy atom. The molecule has 0 aromatic rings. The minimum Gasteiger partial charge on any atom is -0.389 e. The molecule has 1 amide bonds. The molecule has 4 N–H and O–H groups in total. The summed E-state index contributed by atoms with van der Waals surface area (Å²) in [6.45, 7) is 43.5. The molecule has 0 aromatic carbocycles. The first kappa shape index (κ1) is 46.0. The fourth-order valence-corrected chi connectivity index (χ4v) is 8.43. The second kappa shape index (κ2) is 20.0. The molecular formula is C46H79N5O2. The molecule has 6 atom stereocenters. The summed E-state index contributed by atoms with van der Waals surface area (Å²) < 4.78 is 0. The van der Waals surface area contributed by atoms with Crippen LogP contribution in [0.5, 0.6) is 0 Å². The first-order valence-electron chi connectivity index (χ1n) is 20.6. The number of ketones is 1. The molecule has 1 aliphatic heterocycles. The number of hydrogen-bond acceptors (Lipinski definition) is 6. The fourth-order valence-electron chi connectivity index (χ4n) is 8.43. The molecule has 1 heterocycles. The predicted molar refractivity (Wildman–Crippen MR) is 226 cm³/mol. The second-order valence-electron chi connectivity index (χ2n) is 18.8. The Morgan fingerprint density at radius 1 is 0.962 bits per heavy atom. The van der Waals surface area contributed by atoms with Crippen LogP contribution in [-0.2, 0) is 9.59 Å². The first-order valence-corrected chi connectivity index (χ1v) is 20.6. The number of Topliss-reactive ketones (excluding diaryl/α,β-unsaturated/α-hetero) is 1. The van der Waals surface area contributed by atoms with Crippen LogP contribution in [0.15, 0.2) is 49.1 Å². The number of nitrogens with zero attached hydrogens (tertiary/aromatic N) is 1. The van der Waals surface area contributed by atoms with E-state index in [-0.39, 0.29) is 39.9 Å². The number of fused-ring (bicyclic) bond motifs is 1. The van der Waals surface area contributed by atoms with Gasteiger partial charge in [-0.25, -0.2) is 0 Å². The van der Waals surface area contributed by atoms with Crippen molar-refractivity contribution in [2.75, 3.05) is 19.6 Å².